The summed E-state index contributed by atoms with van der Waals surface area (Å²) in [4.78, 5) is 25.8. The Balaban J connectivity index is 1.54. The van der Waals surface area contributed by atoms with Gasteiger partial charge < -0.3 is 20.1 Å². The highest BCUT2D eigenvalue weighted by Crippen LogP contribution is 2.27. The molecule has 8 nitrogen and oxygen atoms in total. The molecule has 2 heterocycles. The minimum absolute atomic E-state index is 0.146. The van der Waals surface area contributed by atoms with Crippen LogP contribution in [-0.2, 0) is 17.9 Å². The van der Waals surface area contributed by atoms with Crippen molar-refractivity contribution in [3.8, 4) is 0 Å². The predicted molar refractivity (Wildman–Crippen MR) is 98.8 cm³/mol. The number of amides is 3. The third kappa shape index (κ3) is 4.01. The van der Waals surface area contributed by atoms with Crippen LogP contribution in [0, 0.1) is 0 Å². The van der Waals surface area contributed by atoms with Gasteiger partial charge in [-0.3, -0.25) is 4.79 Å². The molecule has 1 aromatic carbocycles. The number of hydrogen-bond acceptors (Lipinski definition) is 4. The molecule has 8 heteroatoms. The standard InChI is InChI=1S/C18H24N6O2/c1-3-10-23-12-20-22-16(23)11-19-18(26)21-14-5-7-15(8-6-14)24-13(2)4-9-17(24)25/h5-8,12-13H,3-4,9-11H2,1-2H3,(H2,19,21,26)/t13-/m0/s1. The summed E-state index contributed by atoms with van der Waals surface area (Å²) in [6.07, 6.45) is 4.11. The van der Waals surface area contributed by atoms with Gasteiger partial charge in [0.1, 0.15) is 6.33 Å². The van der Waals surface area contributed by atoms with Crippen LogP contribution in [0.4, 0.5) is 16.2 Å². The first-order valence-electron chi connectivity index (χ1n) is 8.92. The van der Waals surface area contributed by atoms with Crippen molar-refractivity contribution in [3.63, 3.8) is 0 Å². The summed E-state index contributed by atoms with van der Waals surface area (Å²) in [5, 5.41) is 13.5. The highest BCUT2D eigenvalue weighted by molar-refractivity contribution is 5.96. The fourth-order valence-corrected chi connectivity index (χ4v) is 3.11. The maximum Gasteiger partial charge on any atom is 0.319 e. The number of carbonyl (C=O) groups is 2. The summed E-state index contributed by atoms with van der Waals surface area (Å²) < 4.78 is 1.92. The first-order valence-corrected chi connectivity index (χ1v) is 8.92. The lowest BCUT2D eigenvalue weighted by Gasteiger charge is -2.22. The van der Waals surface area contributed by atoms with E-state index in [9.17, 15) is 9.59 Å². The second-order valence-corrected chi connectivity index (χ2v) is 6.45. The Morgan fingerprint density at radius 1 is 1.31 bits per heavy atom. The largest absolute Gasteiger partial charge is 0.331 e. The van der Waals surface area contributed by atoms with Gasteiger partial charge in [-0.2, -0.15) is 0 Å². The molecule has 1 aromatic heterocycles. The van der Waals surface area contributed by atoms with E-state index in [1.807, 2.05) is 28.5 Å². The molecule has 26 heavy (non-hydrogen) atoms. The van der Waals surface area contributed by atoms with Gasteiger partial charge in [0.25, 0.3) is 0 Å². The number of urea groups is 1. The van der Waals surface area contributed by atoms with Crippen molar-refractivity contribution in [1.82, 2.24) is 20.1 Å². The van der Waals surface area contributed by atoms with Crippen molar-refractivity contribution in [2.75, 3.05) is 10.2 Å². The van der Waals surface area contributed by atoms with E-state index in [0.717, 1.165) is 30.9 Å². The van der Waals surface area contributed by atoms with Gasteiger partial charge in [-0.05, 0) is 44.0 Å². The summed E-state index contributed by atoms with van der Waals surface area (Å²) >= 11 is 0. The number of anilines is 2. The van der Waals surface area contributed by atoms with E-state index >= 15 is 0 Å². The quantitative estimate of drug-likeness (QED) is 0.832. The maximum absolute atomic E-state index is 12.1. The summed E-state index contributed by atoms with van der Waals surface area (Å²) in [6, 6.07) is 7.21. The molecule has 1 atom stereocenters. The third-order valence-corrected chi connectivity index (χ3v) is 4.46. The van der Waals surface area contributed by atoms with Gasteiger partial charge >= 0.3 is 6.03 Å². The van der Waals surface area contributed by atoms with Crippen molar-refractivity contribution in [2.45, 2.75) is 52.2 Å². The Bertz CT molecular complexity index is 770. The van der Waals surface area contributed by atoms with E-state index in [2.05, 4.69) is 27.8 Å². The van der Waals surface area contributed by atoms with Gasteiger partial charge in [-0.15, -0.1) is 10.2 Å². The molecule has 3 amide bonds. The second kappa shape index (κ2) is 7.99. The molecular formula is C18H24N6O2. The first kappa shape index (κ1) is 17.9. The summed E-state index contributed by atoms with van der Waals surface area (Å²) in [7, 11) is 0. The summed E-state index contributed by atoms with van der Waals surface area (Å²) in [6.45, 7) is 5.25. The number of aryl methyl sites for hydroxylation is 1. The zero-order valence-corrected chi connectivity index (χ0v) is 15.1. The number of nitrogens with one attached hydrogen (secondary N) is 2. The molecule has 0 spiro atoms. The van der Waals surface area contributed by atoms with E-state index in [4.69, 9.17) is 0 Å². The topological polar surface area (TPSA) is 92.2 Å². The molecule has 1 aliphatic rings. The van der Waals surface area contributed by atoms with E-state index in [0.29, 0.717) is 18.7 Å². The van der Waals surface area contributed by atoms with Crippen LogP contribution in [0.3, 0.4) is 0 Å². The SMILES string of the molecule is CCCn1cnnc1CNC(=O)Nc1ccc(N2C(=O)CC[C@@H]2C)cc1. The Morgan fingerprint density at radius 3 is 2.73 bits per heavy atom. The van der Waals surface area contributed by atoms with Crippen LogP contribution in [0.25, 0.3) is 0 Å². The molecule has 1 fully saturated rings. The summed E-state index contributed by atoms with van der Waals surface area (Å²) in [5.41, 5.74) is 1.53. The van der Waals surface area contributed by atoms with Crippen LogP contribution >= 0.6 is 0 Å². The van der Waals surface area contributed by atoms with Gasteiger partial charge in [0.2, 0.25) is 5.91 Å². The fraction of sp³-hybridized carbons (Fsp3) is 0.444. The smallest absolute Gasteiger partial charge is 0.319 e. The van der Waals surface area contributed by atoms with Gasteiger partial charge in [-0.1, -0.05) is 6.92 Å². The zero-order valence-electron chi connectivity index (χ0n) is 15.1. The number of rotatable bonds is 6. The molecule has 0 bridgehead atoms. The van der Waals surface area contributed by atoms with Gasteiger partial charge in [0.05, 0.1) is 6.54 Å². The highest BCUT2D eigenvalue weighted by atomic mass is 16.2. The molecule has 138 valence electrons. The van der Waals surface area contributed by atoms with Crippen LogP contribution in [0.2, 0.25) is 0 Å². The van der Waals surface area contributed by atoms with Crippen molar-refractivity contribution >= 4 is 23.3 Å². The maximum atomic E-state index is 12.1. The van der Waals surface area contributed by atoms with Gasteiger partial charge in [-0.25, -0.2) is 4.79 Å². The van der Waals surface area contributed by atoms with E-state index in [-0.39, 0.29) is 18.0 Å². The Morgan fingerprint density at radius 2 is 2.08 bits per heavy atom. The highest BCUT2D eigenvalue weighted by Gasteiger charge is 2.28. The van der Waals surface area contributed by atoms with E-state index in [1.165, 1.54) is 0 Å². The van der Waals surface area contributed by atoms with Gasteiger partial charge in [0, 0.05) is 30.4 Å². The minimum Gasteiger partial charge on any atom is -0.331 e. The molecule has 0 radical (unpaired) electrons. The van der Waals surface area contributed by atoms with Crippen LogP contribution in [-0.4, -0.2) is 32.7 Å². The second-order valence-electron chi connectivity index (χ2n) is 6.45. The fourth-order valence-electron chi connectivity index (χ4n) is 3.11. The lowest BCUT2D eigenvalue weighted by molar-refractivity contribution is -0.117. The number of aromatic nitrogens is 3. The Kier molecular flexibility index (Phi) is 5.50. The van der Waals surface area contributed by atoms with Crippen molar-refractivity contribution in [1.29, 1.82) is 0 Å². The normalized spacial score (nSPS) is 16.8. The van der Waals surface area contributed by atoms with Crippen LogP contribution in [0.1, 0.15) is 38.9 Å². The van der Waals surface area contributed by atoms with Crippen molar-refractivity contribution in [3.05, 3.63) is 36.4 Å². The lowest BCUT2D eigenvalue weighted by Crippen LogP contribution is -2.31. The Hall–Kier alpha value is -2.90. The summed E-state index contributed by atoms with van der Waals surface area (Å²) in [5.74, 6) is 0.867. The zero-order chi connectivity index (χ0) is 18.5. The molecule has 2 aromatic rings. The van der Waals surface area contributed by atoms with Crippen LogP contribution < -0.4 is 15.5 Å². The monoisotopic (exact) mass is 356 g/mol. The number of benzene rings is 1. The number of nitrogens with zero attached hydrogens (tertiary/aromatic N) is 4. The van der Waals surface area contributed by atoms with E-state index < -0.39 is 0 Å². The Labute approximate surface area is 152 Å². The minimum atomic E-state index is -0.311. The molecule has 0 unspecified atom stereocenters. The third-order valence-electron chi connectivity index (χ3n) is 4.46. The molecule has 1 aliphatic heterocycles. The molecule has 3 rings (SSSR count). The first-order chi connectivity index (χ1) is 12.6. The molecular weight excluding hydrogens is 332 g/mol. The average Bonchev–Trinajstić information content (AvgIpc) is 3.21. The number of hydrogen-bond donors (Lipinski definition) is 2. The van der Waals surface area contributed by atoms with E-state index in [1.54, 1.807) is 18.5 Å². The number of carbonyl (C=O) groups excluding carboxylic acids is 2. The molecule has 1 saturated heterocycles. The van der Waals surface area contributed by atoms with Crippen molar-refractivity contribution in [2.24, 2.45) is 0 Å². The van der Waals surface area contributed by atoms with Crippen molar-refractivity contribution < 1.29 is 9.59 Å². The average molecular weight is 356 g/mol. The molecule has 2 N–H and O–H groups in total. The van der Waals surface area contributed by atoms with Crippen LogP contribution in [0.5, 0.6) is 0 Å². The molecule has 0 aliphatic carbocycles. The van der Waals surface area contributed by atoms with Gasteiger partial charge in [0.15, 0.2) is 5.82 Å². The predicted octanol–water partition coefficient (Wildman–Crippen LogP) is 2.53. The lowest BCUT2D eigenvalue weighted by atomic mass is 10.2. The van der Waals surface area contributed by atoms with Crippen LogP contribution in [0.15, 0.2) is 30.6 Å². The molecule has 0 saturated carbocycles.